The van der Waals surface area contributed by atoms with Gasteiger partial charge in [0.2, 0.25) is 0 Å². The molecular weight excluding hydrogens is 417 g/mol. The van der Waals surface area contributed by atoms with Gasteiger partial charge in [0.05, 0.1) is 10.0 Å². The van der Waals surface area contributed by atoms with Gasteiger partial charge in [-0.25, -0.2) is 0 Å². The normalized spacial score (nSPS) is 11.9. The van der Waals surface area contributed by atoms with E-state index in [0.29, 0.717) is 6.61 Å². The van der Waals surface area contributed by atoms with E-state index in [0.717, 1.165) is 46.6 Å². The molecule has 0 saturated heterocycles. The number of allylic oxidation sites excluding steroid dienone is 1. The second kappa shape index (κ2) is 10.5. The minimum Gasteiger partial charge on any atom is -0.505 e. The number of hydrogen-bond donors (Lipinski definition) is 2. The number of ether oxygens (including phenoxy) is 1. The van der Waals surface area contributed by atoms with Crippen molar-refractivity contribution >= 4 is 34.3 Å². The summed E-state index contributed by atoms with van der Waals surface area (Å²) in [7, 11) is 1.90. The first-order valence-corrected chi connectivity index (χ1v) is 10.7. The zero-order valence-electron chi connectivity index (χ0n) is 17.1. The number of hydrogen-bond acceptors (Lipinski definition) is 3. The predicted octanol–water partition coefficient (Wildman–Crippen LogP) is 6.67. The largest absolute Gasteiger partial charge is 0.505 e. The Kier molecular flexibility index (Phi) is 7.81. The van der Waals surface area contributed by atoms with Crippen LogP contribution in [-0.4, -0.2) is 25.3 Å². The van der Waals surface area contributed by atoms with Crippen LogP contribution in [0.25, 0.3) is 11.1 Å². The van der Waals surface area contributed by atoms with Gasteiger partial charge in [0.25, 0.3) is 0 Å². The molecule has 0 aliphatic carbocycles. The lowest BCUT2D eigenvalue weighted by atomic mass is 9.88. The molecule has 3 aromatic carbocycles. The Morgan fingerprint density at radius 2 is 1.50 bits per heavy atom. The van der Waals surface area contributed by atoms with Crippen LogP contribution >= 0.6 is 23.2 Å². The van der Waals surface area contributed by atoms with Gasteiger partial charge in [-0.2, -0.15) is 0 Å². The molecule has 0 saturated carbocycles. The van der Waals surface area contributed by atoms with Crippen molar-refractivity contribution in [1.29, 1.82) is 0 Å². The zero-order valence-corrected chi connectivity index (χ0v) is 18.6. The van der Waals surface area contributed by atoms with Crippen molar-refractivity contribution < 1.29 is 9.84 Å². The van der Waals surface area contributed by atoms with Crippen molar-refractivity contribution in [1.82, 2.24) is 5.32 Å². The van der Waals surface area contributed by atoms with E-state index in [9.17, 15) is 5.11 Å². The molecule has 0 spiro atoms. The van der Waals surface area contributed by atoms with Gasteiger partial charge in [-0.15, -0.1) is 0 Å². The van der Waals surface area contributed by atoms with E-state index in [-0.39, 0.29) is 15.8 Å². The van der Waals surface area contributed by atoms with Crippen LogP contribution in [0.3, 0.4) is 0 Å². The maximum Gasteiger partial charge on any atom is 0.152 e. The number of benzene rings is 3. The van der Waals surface area contributed by atoms with Crippen molar-refractivity contribution in [3.63, 3.8) is 0 Å². The number of halogens is 2. The monoisotopic (exact) mass is 441 g/mol. The third-order valence-corrected chi connectivity index (χ3v) is 5.42. The summed E-state index contributed by atoms with van der Waals surface area (Å²) in [5, 5.41) is 13.5. The highest BCUT2D eigenvalue weighted by molar-refractivity contribution is 6.37. The fraction of sp³-hybridized carbons (Fsp3) is 0.200. The van der Waals surface area contributed by atoms with E-state index >= 15 is 0 Å². The zero-order chi connectivity index (χ0) is 21.5. The van der Waals surface area contributed by atoms with Gasteiger partial charge in [0.1, 0.15) is 12.4 Å². The van der Waals surface area contributed by atoms with Gasteiger partial charge < -0.3 is 15.2 Å². The van der Waals surface area contributed by atoms with E-state index in [2.05, 4.69) is 36.5 Å². The van der Waals surface area contributed by atoms with Gasteiger partial charge in [-0.1, -0.05) is 72.6 Å². The summed E-state index contributed by atoms with van der Waals surface area (Å²) in [6.45, 7) is 3.50. The van der Waals surface area contributed by atoms with Gasteiger partial charge in [-0.05, 0) is 65.6 Å². The van der Waals surface area contributed by atoms with Crippen molar-refractivity contribution in [3.8, 4) is 11.5 Å². The number of rotatable bonds is 8. The van der Waals surface area contributed by atoms with Gasteiger partial charge >= 0.3 is 0 Å². The minimum absolute atomic E-state index is 0.0955. The number of nitrogens with one attached hydrogen (secondary N) is 1. The molecule has 0 radical (unpaired) electrons. The summed E-state index contributed by atoms with van der Waals surface area (Å²) >= 11 is 12.4. The van der Waals surface area contributed by atoms with Crippen LogP contribution in [0.15, 0.2) is 66.7 Å². The second-order valence-corrected chi connectivity index (χ2v) is 7.65. The lowest BCUT2D eigenvalue weighted by molar-refractivity contribution is 0.318. The Morgan fingerprint density at radius 1 is 0.900 bits per heavy atom. The van der Waals surface area contributed by atoms with Gasteiger partial charge in [0, 0.05) is 6.54 Å². The lowest BCUT2D eigenvalue weighted by Crippen LogP contribution is -2.15. The topological polar surface area (TPSA) is 41.5 Å². The Balaban J connectivity index is 2.13. The fourth-order valence-electron chi connectivity index (χ4n) is 3.37. The fourth-order valence-corrected chi connectivity index (χ4v) is 3.86. The third kappa shape index (κ3) is 5.17. The van der Waals surface area contributed by atoms with Crippen molar-refractivity contribution in [3.05, 3.63) is 93.5 Å². The first-order chi connectivity index (χ1) is 14.5. The molecule has 0 heterocycles. The number of likely N-dealkylation sites (N-methyl/N-ethyl adjacent to an activating group) is 1. The second-order valence-electron chi connectivity index (χ2n) is 6.84. The molecule has 0 amide bonds. The van der Waals surface area contributed by atoms with E-state index < -0.39 is 0 Å². The smallest absolute Gasteiger partial charge is 0.152 e. The van der Waals surface area contributed by atoms with Crippen molar-refractivity contribution in [2.24, 2.45) is 0 Å². The van der Waals surface area contributed by atoms with E-state index in [4.69, 9.17) is 27.9 Å². The van der Waals surface area contributed by atoms with Crippen LogP contribution in [0.2, 0.25) is 10.0 Å². The molecule has 3 nitrogen and oxygen atoms in total. The SMILES string of the molecule is CC/C(=C(\c1ccccc1)c1ccc(OCCNC)cc1)c1cc(Cl)c(O)c(Cl)c1. The Labute approximate surface area is 187 Å². The van der Waals surface area contributed by atoms with Gasteiger partial charge in [-0.3, -0.25) is 0 Å². The van der Waals surface area contributed by atoms with Crippen LogP contribution < -0.4 is 10.1 Å². The number of aromatic hydroxyl groups is 1. The van der Waals surface area contributed by atoms with Crippen LogP contribution in [0.5, 0.6) is 11.5 Å². The standard InChI is InChI=1S/C25H25Cl2NO2/c1-3-21(19-15-22(26)25(29)23(27)16-19)24(17-7-5-4-6-8-17)18-9-11-20(12-10-18)30-14-13-28-2/h4-12,15-16,28-29H,3,13-14H2,1-2H3/b24-21-. The van der Waals surface area contributed by atoms with Crippen molar-refractivity contribution in [2.75, 3.05) is 20.2 Å². The average Bonchev–Trinajstić information content (AvgIpc) is 2.77. The molecule has 3 aromatic rings. The molecule has 0 unspecified atom stereocenters. The number of phenols is 1. The molecule has 3 rings (SSSR count). The van der Waals surface area contributed by atoms with E-state index in [1.54, 1.807) is 12.1 Å². The van der Waals surface area contributed by atoms with Crippen LogP contribution in [0.1, 0.15) is 30.0 Å². The summed E-state index contributed by atoms with van der Waals surface area (Å²) in [5.41, 5.74) is 5.24. The summed E-state index contributed by atoms with van der Waals surface area (Å²) < 4.78 is 5.76. The Hall–Kier alpha value is -2.46. The molecule has 0 aromatic heterocycles. The predicted molar refractivity (Wildman–Crippen MR) is 127 cm³/mol. The van der Waals surface area contributed by atoms with E-state index in [1.807, 2.05) is 37.4 Å². The highest BCUT2D eigenvalue weighted by atomic mass is 35.5. The van der Waals surface area contributed by atoms with Crippen LogP contribution in [0, 0.1) is 0 Å². The van der Waals surface area contributed by atoms with Gasteiger partial charge in [0.15, 0.2) is 5.75 Å². The molecule has 0 aliphatic rings. The highest BCUT2D eigenvalue weighted by Crippen LogP contribution is 2.40. The molecule has 5 heteroatoms. The maximum atomic E-state index is 9.98. The minimum atomic E-state index is -0.0955. The molecule has 0 aliphatic heterocycles. The van der Waals surface area contributed by atoms with Crippen LogP contribution in [0.4, 0.5) is 0 Å². The molecule has 0 bridgehead atoms. The molecule has 30 heavy (non-hydrogen) atoms. The molecule has 0 atom stereocenters. The third-order valence-electron chi connectivity index (χ3n) is 4.85. The first kappa shape index (κ1) is 22.2. The van der Waals surface area contributed by atoms with Crippen LogP contribution in [-0.2, 0) is 0 Å². The van der Waals surface area contributed by atoms with Crippen molar-refractivity contribution in [2.45, 2.75) is 13.3 Å². The molecule has 0 fully saturated rings. The highest BCUT2D eigenvalue weighted by Gasteiger charge is 2.16. The summed E-state index contributed by atoms with van der Waals surface area (Å²) in [4.78, 5) is 0. The molecule has 156 valence electrons. The van der Waals surface area contributed by atoms with E-state index in [1.165, 1.54) is 0 Å². The summed E-state index contributed by atoms with van der Waals surface area (Å²) in [5.74, 6) is 0.733. The maximum absolute atomic E-state index is 9.98. The quantitative estimate of drug-likeness (QED) is 0.303. The lowest BCUT2D eigenvalue weighted by Gasteiger charge is -2.17. The Bertz CT molecular complexity index is 992. The first-order valence-electron chi connectivity index (χ1n) is 9.90. The average molecular weight is 442 g/mol. The summed E-state index contributed by atoms with van der Waals surface area (Å²) in [6, 6.07) is 21.9. The molecular formula is C25H25Cl2NO2. The molecule has 2 N–H and O–H groups in total. The Morgan fingerprint density at radius 3 is 2.07 bits per heavy atom. The summed E-state index contributed by atoms with van der Waals surface area (Å²) in [6.07, 6.45) is 0.766. The number of phenolic OH excluding ortho intramolecular Hbond substituents is 1.